The van der Waals surface area contributed by atoms with E-state index in [-0.39, 0.29) is 18.6 Å². The quantitative estimate of drug-likeness (QED) is 0.589. The smallest absolute Gasteiger partial charge is 0.257 e. The van der Waals surface area contributed by atoms with E-state index in [0.717, 1.165) is 22.3 Å². The van der Waals surface area contributed by atoms with Gasteiger partial charge in [-0.1, -0.05) is 24.3 Å². The standard InChI is InChI=1S/C22H26N2O4/c1-4-23-22(25)14-27-19-10-9-16(11-21(19)26-3)13-24-15(2)20-12-17-7-5-6-8-18(17)28-20/h5-12,15,24H,4,13-14H2,1-3H3,(H,23,25). The average molecular weight is 382 g/mol. The molecule has 0 aliphatic carbocycles. The lowest BCUT2D eigenvalue weighted by Gasteiger charge is -2.14. The molecule has 0 saturated heterocycles. The van der Waals surface area contributed by atoms with E-state index in [1.807, 2.05) is 49.4 Å². The van der Waals surface area contributed by atoms with Crippen LogP contribution in [0.25, 0.3) is 11.0 Å². The number of methoxy groups -OCH3 is 1. The summed E-state index contributed by atoms with van der Waals surface area (Å²) in [4.78, 5) is 11.6. The molecule has 3 aromatic rings. The van der Waals surface area contributed by atoms with Gasteiger partial charge in [-0.15, -0.1) is 0 Å². The van der Waals surface area contributed by atoms with E-state index in [0.29, 0.717) is 24.6 Å². The predicted molar refractivity (Wildman–Crippen MR) is 109 cm³/mol. The highest BCUT2D eigenvalue weighted by Gasteiger charge is 2.12. The highest BCUT2D eigenvalue weighted by Crippen LogP contribution is 2.29. The number of benzene rings is 2. The van der Waals surface area contributed by atoms with Crippen LogP contribution in [0.5, 0.6) is 11.5 Å². The van der Waals surface area contributed by atoms with Crippen LogP contribution in [0.1, 0.15) is 31.2 Å². The van der Waals surface area contributed by atoms with Crippen LogP contribution in [0.2, 0.25) is 0 Å². The Bertz CT molecular complexity index is 902. The van der Waals surface area contributed by atoms with Gasteiger partial charge in [0.15, 0.2) is 18.1 Å². The Hall–Kier alpha value is -2.99. The van der Waals surface area contributed by atoms with E-state index in [1.54, 1.807) is 7.11 Å². The van der Waals surface area contributed by atoms with Gasteiger partial charge in [-0.05, 0) is 43.7 Å². The topological polar surface area (TPSA) is 72.7 Å². The van der Waals surface area contributed by atoms with Gasteiger partial charge in [-0.3, -0.25) is 4.79 Å². The number of para-hydroxylation sites is 1. The second-order valence-corrected chi connectivity index (χ2v) is 6.52. The van der Waals surface area contributed by atoms with Crippen LogP contribution in [0, 0.1) is 0 Å². The Morgan fingerprint density at radius 3 is 2.71 bits per heavy atom. The zero-order valence-electron chi connectivity index (χ0n) is 16.5. The summed E-state index contributed by atoms with van der Waals surface area (Å²) in [5.41, 5.74) is 1.94. The summed E-state index contributed by atoms with van der Waals surface area (Å²) in [6.07, 6.45) is 0. The van der Waals surface area contributed by atoms with Crippen molar-refractivity contribution in [2.75, 3.05) is 20.3 Å². The van der Waals surface area contributed by atoms with Gasteiger partial charge < -0.3 is 24.5 Å². The number of fused-ring (bicyclic) bond motifs is 1. The lowest BCUT2D eigenvalue weighted by molar-refractivity contribution is -0.123. The SMILES string of the molecule is CCNC(=O)COc1ccc(CNC(C)c2cc3ccccc3o2)cc1OC. The fraction of sp³-hybridized carbons (Fsp3) is 0.318. The molecule has 1 heterocycles. The maximum absolute atomic E-state index is 11.6. The summed E-state index contributed by atoms with van der Waals surface area (Å²) in [6.45, 7) is 5.12. The lowest BCUT2D eigenvalue weighted by atomic mass is 10.1. The number of likely N-dealkylation sites (N-methyl/N-ethyl adjacent to an activating group) is 1. The molecule has 0 spiro atoms. The Kier molecular flexibility index (Phi) is 6.55. The summed E-state index contributed by atoms with van der Waals surface area (Å²) < 4.78 is 16.9. The molecule has 0 saturated carbocycles. The minimum atomic E-state index is -0.157. The largest absolute Gasteiger partial charge is 0.493 e. The monoisotopic (exact) mass is 382 g/mol. The molecule has 1 amide bonds. The third-order valence-corrected chi connectivity index (χ3v) is 4.44. The zero-order valence-corrected chi connectivity index (χ0v) is 16.5. The van der Waals surface area contributed by atoms with E-state index in [9.17, 15) is 4.79 Å². The molecular weight excluding hydrogens is 356 g/mol. The number of furan rings is 1. The van der Waals surface area contributed by atoms with Crippen LogP contribution in [-0.2, 0) is 11.3 Å². The number of carbonyl (C=O) groups excluding carboxylic acids is 1. The minimum absolute atomic E-state index is 0.0368. The van der Waals surface area contributed by atoms with Crippen molar-refractivity contribution >= 4 is 16.9 Å². The molecule has 2 aromatic carbocycles. The van der Waals surface area contributed by atoms with E-state index >= 15 is 0 Å². The number of amides is 1. The summed E-state index contributed by atoms with van der Waals surface area (Å²) in [5.74, 6) is 1.88. The predicted octanol–water partition coefficient (Wildman–Crippen LogP) is 3.81. The first-order chi connectivity index (χ1) is 13.6. The summed E-state index contributed by atoms with van der Waals surface area (Å²) in [6, 6.07) is 15.8. The van der Waals surface area contributed by atoms with Gasteiger partial charge in [-0.2, -0.15) is 0 Å². The highest BCUT2D eigenvalue weighted by atomic mass is 16.5. The number of ether oxygens (including phenoxy) is 2. The molecular formula is C22H26N2O4. The van der Waals surface area contributed by atoms with Gasteiger partial charge >= 0.3 is 0 Å². The third-order valence-electron chi connectivity index (χ3n) is 4.44. The van der Waals surface area contributed by atoms with E-state index in [4.69, 9.17) is 13.9 Å². The molecule has 3 rings (SSSR count). The van der Waals surface area contributed by atoms with Crippen LogP contribution in [-0.4, -0.2) is 26.2 Å². The van der Waals surface area contributed by atoms with Gasteiger partial charge in [0.1, 0.15) is 11.3 Å². The minimum Gasteiger partial charge on any atom is -0.493 e. The number of hydrogen-bond acceptors (Lipinski definition) is 5. The van der Waals surface area contributed by atoms with Crippen molar-refractivity contribution in [3.05, 3.63) is 59.9 Å². The first-order valence-corrected chi connectivity index (χ1v) is 9.39. The van der Waals surface area contributed by atoms with Crippen LogP contribution < -0.4 is 20.1 Å². The molecule has 28 heavy (non-hydrogen) atoms. The fourth-order valence-corrected chi connectivity index (χ4v) is 2.92. The van der Waals surface area contributed by atoms with Crippen molar-refractivity contribution in [2.24, 2.45) is 0 Å². The van der Waals surface area contributed by atoms with Crippen molar-refractivity contribution in [1.29, 1.82) is 0 Å². The van der Waals surface area contributed by atoms with Crippen LogP contribution in [0.3, 0.4) is 0 Å². The van der Waals surface area contributed by atoms with Gasteiger partial charge in [0.25, 0.3) is 5.91 Å². The molecule has 0 radical (unpaired) electrons. The fourth-order valence-electron chi connectivity index (χ4n) is 2.92. The average Bonchev–Trinajstić information content (AvgIpc) is 3.15. The molecule has 6 nitrogen and oxygen atoms in total. The van der Waals surface area contributed by atoms with Crippen molar-refractivity contribution in [1.82, 2.24) is 10.6 Å². The highest BCUT2D eigenvalue weighted by molar-refractivity contribution is 5.78. The Labute approximate surface area is 164 Å². The summed E-state index contributed by atoms with van der Waals surface area (Å²) >= 11 is 0. The van der Waals surface area contributed by atoms with E-state index < -0.39 is 0 Å². The molecule has 148 valence electrons. The molecule has 2 N–H and O–H groups in total. The number of nitrogens with one attached hydrogen (secondary N) is 2. The molecule has 0 fully saturated rings. The van der Waals surface area contributed by atoms with Crippen LogP contribution in [0.4, 0.5) is 0 Å². The lowest BCUT2D eigenvalue weighted by Crippen LogP contribution is -2.28. The number of rotatable bonds is 9. The summed E-state index contributed by atoms with van der Waals surface area (Å²) in [5, 5.41) is 7.26. The second-order valence-electron chi connectivity index (χ2n) is 6.52. The zero-order chi connectivity index (χ0) is 19.9. The molecule has 1 atom stereocenters. The molecule has 1 aromatic heterocycles. The third kappa shape index (κ3) is 4.84. The van der Waals surface area contributed by atoms with Gasteiger partial charge in [0.2, 0.25) is 0 Å². The maximum atomic E-state index is 11.6. The van der Waals surface area contributed by atoms with Crippen molar-refractivity contribution in [3.8, 4) is 11.5 Å². The van der Waals surface area contributed by atoms with Gasteiger partial charge in [-0.25, -0.2) is 0 Å². The van der Waals surface area contributed by atoms with Gasteiger partial charge in [0.05, 0.1) is 13.2 Å². The maximum Gasteiger partial charge on any atom is 0.257 e. The Balaban J connectivity index is 1.61. The number of hydrogen-bond donors (Lipinski definition) is 2. The molecule has 0 aliphatic rings. The van der Waals surface area contributed by atoms with Crippen molar-refractivity contribution in [3.63, 3.8) is 0 Å². The normalized spacial score (nSPS) is 12.0. The van der Waals surface area contributed by atoms with E-state index in [2.05, 4.69) is 23.6 Å². The van der Waals surface area contributed by atoms with Crippen LogP contribution >= 0.6 is 0 Å². The summed E-state index contributed by atoms with van der Waals surface area (Å²) in [7, 11) is 1.59. The first-order valence-electron chi connectivity index (χ1n) is 9.39. The van der Waals surface area contributed by atoms with E-state index in [1.165, 1.54) is 0 Å². The second kappa shape index (κ2) is 9.28. The molecule has 1 unspecified atom stereocenters. The molecule has 0 aliphatic heterocycles. The van der Waals surface area contributed by atoms with Crippen molar-refractivity contribution in [2.45, 2.75) is 26.4 Å². The Morgan fingerprint density at radius 1 is 1.14 bits per heavy atom. The van der Waals surface area contributed by atoms with Gasteiger partial charge in [0, 0.05) is 18.5 Å². The van der Waals surface area contributed by atoms with Crippen molar-refractivity contribution < 1.29 is 18.7 Å². The number of carbonyl (C=O) groups is 1. The van der Waals surface area contributed by atoms with Crippen LogP contribution in [0.15, 0.2) is 52.9 Å². The molecule has 6 heteroatoms. The molecule has 0 bridgehead atoms. The first kappa shape index (κ1) is 19.8. The Morgan fingerprint density at radius 2 is 1.96 bits per heavy atom.